The van der Waals surface area contributed by atoms with Gasteiger partial charge in [0.15, 0.2) is 0 Å². The van der Waals surface area contributed by atoms with Crippen molar-refractivity contribution in [2.24, 2.45) is 0 Å². The van der Waals surface area contributed by atoms with Gasteiger partial charge in [-0.05, 0) is 68.3 Å². The highest BCUT2D eigenvalue weighted by molar-refractivity contribution is 7.92. The molecule has 0 aliphatic carbocycles. The van der Waals surface area contributed by atoms with Crippen molar-refractivity contribution in [2.75, 3.05) is 37.8 Å². The lowest BCUT2D eigenvalue weighted by Crippen LogP contribution is -2.48. The van der Waals surface area contributed by atoms with Crippen LogP contribution in [0.5, 0.6) is 5.75 Å². The molecule has 0 fully saturated rings. The molecule has 0 bridgehead atoms. The van der Waals surface area contributed by atoms with E-state index in [9.17, 15) is 21.6 Å². The first-order chi connectivity index (χ1) is 15.2. The van der Waals surface area contributed by atoms with Crippen molar-refractivity contribution >= 4 is 31.6 Å². The number of carbonyl (C=O) groups is 1. The summed E-state index contributed by atoms with van der Waals surface area (Å²) in [6, 6.07) is 10.4. The van der Waals surface area contributed by atoms with E-state index >= 15 is 0 Å². The number of benzene rings is 2. The summed E-state index contributed by atoms with van der Waals surface area (Å²) in [5.41, 5.74) is 2.22. The van der Waals surface area contributed by atoms with Gasteiger partial charge >= 0.3 is 0 Å². The number of rotatable bonds is 10. The number of nitrogens with one attached hydrogen (secondary N) is 1. The molecule has 0 heterocycles. The second kappa shape index (κ2) is 10.5. The van der Waals surface area contributed by atoms with Crippen LogP contribution in [0.3, 0.4) is 0 Å². The number of hydrogen-bond donors (Lipinski definition) is 1. The van der Waals surface area contributed by atoms with Gasteiger partial charge in [0, 0.05) is 14.1 Å². The minimum Gasteiger partial charge on any atom is -0.492 e. The fourth-order valence-corrected chi connectivity index (χ4v) is 5.36. The quantitative estimate of drug-likeness (QED) is 0.502. The van der Waals surface area contributed by atoms with Crippen LogP contribution in [-0.2, 0) is 24.8 Å². The van der Waals surface area contributed by atoms with Crippen LogP contribution in [0.25, 0.3) is 0 Å². The second-order valence-corrected chi connectivity index (χ2v) is 12.0. The Labute approximate surface area is 196 Å². The molecule has 0 spiro atoms. The summed E-state index contributed by atoms with van der Waals surface area (Å²) in [5.74, 6) is -0.0152. The summed E-state index contributed by atoms with van der Waals surface area (Å²) in [7, 11) is -4.32. The molecule has 0 saturated carbocycles. The molecule has 0 aliphatic heterocycles. The topological polar surface area (TPSA) is 113 Å². The van der Waals surface area contributed by atoms with Gasteiger partial charge < -0.3 is 10.1 Å². The van der Waals surface area contributed by atoms with E-state index < -0.39 is 32.0 Å². The van der Waals surface area contributed by atoms with Gasteiger partial charge in [-0.1, -0.05) is 6.07 Å². The fourth-order valence-electron chi connectivity index (χ4n) is 3.30. The summed E-state index contributed by atoms with van der Waals surface area (Å²) in [6.07, 6.45) is 1.07. The monoisotopic (exact) mass is 497 g/mol. The number of aryl methyl sites for hydroxylation is 2. The van der Waals surface area contributed by atoms with Crippen LogP contribution in [0.2, 0.25) is 0 Å². The third kappa shape index (κ3) is 6.92. The third-order valence-corrected chi connectivity index (χ3v) is 7.89. The number of sulfonamides is 2. The average Bonchev–Trinajstić information content (AvgIpc) is 2.69. The smallest absolute Gasteiger partial charge is 0.243 e. The molecular formula is C22H31N3O6S2. The van der Waals surface area contributed by atoms with Crippen molar-refractivity contribution in [1.29, 1.82) is 0 Å². The molecule has 1 N–H and O–H groups in total. The van der Waals surface area contributed by atoms with Crippen molar-refractivity contribution in [3.63, 3.8) is 0 Å². The Morgan fingerprint density at radius 2 is 1.55 bits per heavy atom. The maximum absolute atomic E-state index is 12.7. The van der Waals surface area contributed by atoms with Crippen LogP contribution in [0.4, 0.5) is 5.69 Å². The van der Waals surface area contributed by atoms with Crippen molar-refractivity contribution in [3.05, 3.63) is 53.6 Å². The van der Waals surface area contributed by atoms with Crippen LogP contribution >= 0.6 is 0 Å². The van der Waals surface area contributed by atoms with E-state index in [4.69, 9.17) is 4.74 Å². The normalized spacial score (nSPS) is 12.9. The number of hydrogen-bond acceptors (Lipinski definition) is 6. The van der Waals surface area contributed by atoms with Gasteiger partial charge in [0.05, 0.1) is 23.4 Å². The molecule has 1 atom stereocenters. The maximum Gasteiger partial charge on any atom is 0.243 e. The summed E-state index contributed by atoms with van der Waals surface area (Å²) in [5, 5.41) is 2.68. The Morgan fingerprint density at radius 1 is 1.00 bits per heavy atom. The standard InChI is InChI=1S/C22H31N3O6S2/c1-16-13-17(2)15-19(14-16)25(32(6,27)28)18(3)22(26)23-11-12-31-20-7-9-21(10-8-20)33(29,30)24(4)5/h7-10,13-15,18H,11-12H2,1-6H3,(H,23,26)/t18-/m0/s1. The molecule has 0 saturated heterocycles. The fraction of sp³-hybridized carbons (Fsp3) is 0.409. The molecule has 2 rings (SSSR count). The molecule has 0 aromatic heterocycles. The minimum absolute atomic E-state index is 0.126. The van der Waals surface area contributed by atoms with Crippen molar-refractivity contribution in [1.82, 2.24) is 9.62 Å². The van der Waals surface area contributed by atoms with Crippen LogP contribution in [-0.4, -0.2) is 66.6 Å². The maximum atomic E-state index is 12.7. The molecule has 0 unspecified atom stereocenters. The van der Waals surface area contributed by atoms with Gasteiger partial charge in [0.2, 0.25) is 26.0 Å². The first-order valence-corrected chi connectivity index (χ1v) is 13.5. The van der Waals surface area contributed by atoms with Crippen LogP contribution in [0, 0.1) is 13.8 Å². The Balaban J connectivity index is 1.99. The molecule has 11 heteroatoms. The Kier molecular flexibility index (Phi) is 8.50. The lowest BCUT2D eigenvalue weighted by Gasteiger charge is -2.28. The largest absolute Gasteiger partial charge is 0.492 e. The summed E-state index contributed by atoms with van der Waals surface area (Å²) >= 11 is 0. The number of amides is 1. The highest BCUT2D eigenvalue weighted by Gasteiger charge is 2.29. The highest BCUT2D eigenvalue weighted by Crippen LogP contribution is 2.24. The highest BCUT2D eigenvalue weighted by atomic mass is 32.2. The van der Waals surface area contributed by atoms with Crippen molar-refractivity contribution in [3.8, 4) is 5.75 Å². The van der Waals surface area contributed by atoms with E-state index in [-0.39, 0.29) is 18.0 Å². The van der Waals surface area contributed by atoms with E-state index in [2.05, 4.69) is 5.32 Å². The van der Waals surface area contributed by atoms with Gasteiger partial charge in [0.1, 0.15) is 18.4 Å². The van der Waals surface area contributed by atoms with Crippen molar-refractivity contribution < 1.29 is 26.4 Å². The molecule has 33 heavy (non-hydrogen) atoms. The van der Waals surface area contributed by atoms with Crippen LogP contribution < -0.4 is 14.4 Å². The lowest BCUT2D eigenvalue weighted by atomic mass is 10.1. The van der Waals surface area contributed by atoms with E-state index in [0.717, 1.165) is 26.0 Å². The van der Waals surface area contributed by atoms with Gasteiger partial charge in [-0.25, -0.2) is 21.1 Å². The Morgan fingerprint density at radius 3 is 2.03 bits per heavy atom. The second-order valence-electron chi connectivity index (χ2n) is 7.98. The Hall–Kier alpha value is -2.63. The number of anilines is 1. The minimum atomic E-state index is -3.70. The van der Waals surface area contributed by atoms with Gasteiger partial charge in [0.25, 0.3) is 0 Å². The Bertz CT molecular complexity index is 1170. The van der Waals surface area contributed by atoms with Crippen molar-refractivity contribution in [2.45, 2.75) is 31.7 Å². The number of carbonyl (C=O) groups excluding carboxylic acids is 1. The summed E-state index contributed by atoms with van der Waals surface area (Å²) < 4.78 is 56.8. The summed E-state index contributed by atoms with van der Waals surface area (Å²) in [6.45, 7) is 5.52. The number of nitrogens with zero attached hydrogens (tertiary/aromatic N) is 2. The molecule has 2 aromatic carbocycles. The van der Waals surface area contributed by atoms with E-state index in [1.165, 1.54) is 45.3 Å². The van der Waals surface area contributed by atoms with E-state index in [1.807, 2.05) is 19.9 Å². The van der Waals surface area contributed by atoms with E-state index in [1.54, 1.807) is 12.1 Å². The zero-order chi connectivity index (χ0) is 25.0. The zero-order valence-corrected chi connectivity index (χ0v) is 21.3. The van der Waals surface area contributed by atoms with Crippen LogP contribution in [0.15, 0.2) is 47.4 Å². The molecule has 0 radical (unpaired) electrons. The molecule has 9 nitrogen and oxygen atoms in total. The first kappa shape index (κ1) is 26.6. The SMILES string of the molecule is Cc1cc(C)cc(N([C@@H](C)C(=O)NCCOc2ccc(S(=O)(=O)N(C)C)cc2)S(C)(=O)=O)c1. The van der Waals surface area contributed by atoms with Gasteiger partial charge in [-0.3, -0.25) is 9.10 Å². The molecule has 1 amide bonds. The molecule has 182 valence electrons. The van der Waals surface area contributed by atoms with Gasteiger partial charge in [-0.2, -0.15) is 0 Å². The molecule has 0 aliphatic rings. The average molecular weight is 498 g/mol. The predicted octanol–water partition coefficient (Wildman–Crippen LogP) is 1.90. The third-order valence-electron chi connectivity index (χ3n) is 4.82. The lowest BCUT2D eigenvalue weighted by molar-refractivity contribution is -0.121. The molecule has 2 aromatic rings. The van der Waals surface area contributed by atoms with E-state index in [0.29, 0.717) is 11.4 Å². The zero-order valence-electron chi connectivity index (χ0n) is 19.7. The number of ether oxygens (including phenoxy) is 1. The van der Waals surface area contributed by atoms with Gasteiger partial charge in [-0.15, -0.1) is 0 Å². The first-order valence-electron chi connectivity index (χ1n) is 10.2. The van der Waals surface area contributed by atoms with Crippen LogP contribution in [0.1, 0.15) is 18.1 Å². The summed E-state index contributed by atoms with van der Waals surface area (Å²) in [4.78, 5) is 12.8. The molecular weight excluding hydrogens is 466 g/mol. The predicted molar refractivity (Wildman–Crippen MR) is 129 cm³/mol.